The van der Waals surface area contributed by atoms with Crippen molar-refractivity contribution in [3.05, 3.63) is 47.8 Å². The SMILES string of the molecule is COCCN1CC(=O)N[C@@H](C(=O)N(C)Cc2cnn(C)c2)Cc2ccc(cc2)OCC(=O)N[C@@H](CC(C)C)C1=O. The van der Waals surface area contributed by atoms with Crippen molar-refractivity contribution >= 4 is 23.6 Å². The number of nitrogens with one attached hydrogen (secondary N) is 2. The summed E-state index contributed by atoms with van der Waals surface area (Å²) in [6.07, 6.45) is 4.12. The van der Waals surface area contributed by atoms with Gasteiger partial charge in [0.2, 0.25) is 17.7 Å². The van der Waals surface area contributed by atoms with Crippen LogP contribution in [0.25, 0.3) is 0 Å². The summed E-state index contributed by atoms with van der Waals surface area (Å²) in [7, 11) is 4.98. The van der Waals surface area contributed by atoms with Crippen LogP contribution in [0.15, 0.2) is 36.7 Å². The molecule has 12 heteroatoms. The minimum Gasteiger partial charge on any atom is -0.484 e. The normalized spacial score (nSPS) is 18.9. The topological polar surface area (TPSA) is 135 Å². The molecule has 0 saturated heterocycles. The van der Waals surface area contributed by atoms with Crippen LogP contribution in [0.5, 0.6) is 5.75 Å². The minimum atomic E-state index is -0.876. The Morgan fingerprint density at radius 1 is 1.18 bits per heavy atom. The Morgan fingerprint density at radius 3 is 2.52 bits per heavy atom. The van der Waals surface area contributed by atoms with Crippen LogP contribution >= 0.6 is 0 Å². The zero-order valence-electron chi connectivity index (χ0n) is 23.9. The van der Waals surface area contributed by atoms with Gasteiger partial charge in [-0.2, -0.15) is 5.10 Å². The molecule has 12 nitrogen and oxygen atoms in total. The second-order valence-corrected chi connectivity index (χ2v) is 10.5. The predicted octanol–water partition coefficient (Wildman–Crippen LogP) is 0.504. The summed E-state index contributed by atoms with van der Waals surface area (Å²) in [6.45, 7) is 4.00. The average Bonchev–Trinajstić information content (AvgIpc) is 3.32. The predicted molar refractivity (Wildman–Crippen MR) is 147 cm³/mol. The van der Waals surface area contributed by atoms with E-state index >= 15 is 0 Å². The van der Waals surface area contributed by atoms with Gasteiger partial charge in [0.05, 0.1) is 19.3 Å². The maximum Gasteiger partial charge on any atom is 0.258 e. The Kier molecular flexibility index (Phi) is 11.1. The maximum absolute atomic E-state index is 13.5. The number of benzene rings is 1. The minimum absolute atomic E-state index is 0.101. The Labute approximate surface area is 235 Å². The molecule has 4 amide bonds. The van der Waals surface area contributed by atoms with Gasteiger partial charge in [-0.15, -0.1) is 0 Å². The second kappa shape index (κ2) is 14.5. The van der Waals surface area contributed by atoms with E-state index in [9.17, 15) is 19.2 Å². The van der Waals surface area contributed by atoms with Crippen LogP contribution in [0.3, 0.4) is 0 Å². The van der Waals surface area contributed by atoms with Crippen molar-refractivity contribution in [1.29, 1.82) is 0 Å². The Morgan fingerprint density at radius 2 is 1.90 bits per heavy atom. The number of ether oxygens (including phenoxy) is 2. The first-order chi connectivity index (χ1) is 19.0. The molecule has 0 radical (unpaired) electrons. The number of aromatic nitrogens is 2. The molecule has 2 aromatic rings. The molecular weight excluding hydrogens is 516 g/mol. The summed E-state index contributed by atoms with van der Waals surface area (Å²) in [5, 5.41) is 9.76. The Bertz CT molecular complexity index is 1160. The first kappa shape index (κ1) is 30.6. The summed E-state index contributed by atoms with van der Waals surface area (Å²) in [6, 6.07) is 5.28. The standard InChI is InChI=1S/C28H40N6O6/c1-19(2)12-23-28(38)34(10-11-39-5)17-25(35)30-24(27(37)32(3)15-21-14-29-33(4)16-21)13-20-6-8-22(9-7-20)40-18-26(36)31-23/h6-9,14,16,19,23-24H,10-13,15,17-18H2,1-5H3,(H,30,35)(H,31,36)/t23-,24+/m0/s1. The number of carbonyl (C=O) groups is 4. The lowest BCUT2D eigenvalue weighted by Gasteiger charge is -2.30. The van der Waals surface area contributed by atoms with Gasteiger partial charge in [-0.05, 0) is 30.0 Å². The fourth-order valence-corrected chi connectivity index (χ4v) is 4.51. The number of nitrogens with zero attached hydrogens (tertiary/aromatic N) is 4. The quantitative estimate of drug-likeness (QED) is 0.452. The van der Waals surface area contributed by atoms with Crippen molar-refractivity contribution in [3.63, 3.8) is 0 Å². The van der Waals surface area contributed by atoms with Gasteiger partial charge < -0.3 is 29.9 Å². The lowest BCUT2D eigenvalue weighted by molar-refractivity contribution is -0.141. The molecule has 0 aliphatic carbocycles. The molecule has 4 rings (SSSR count). The van der Waals surface area contributed by atoms with Crippen LogP contribution in [-0.4, -0.2) is 95.8 Å². The van der Waals surface area contributed by atoms with Gasteiger partial charge in [-0.1, -0.05) is 26.0 Å². The van der Waals surface area contributed by atoms with Crippen molar-refractivity contribution in [2.75, 3.05) is 40.5 Å². The molecule has 2 aliphatic heterocycles. The van der Waals surface area contributed by atoms with E-state index in [1.165, 1.54) is 12.0 Å². The second-order valence-electron chi connectivity index (χ2n) is 10.5. The van der Waals surface area contributed by atoms with Gasteiger partial charge in [-0.25, -0.2) is 0 Å². The number of carbonyl (C=O) groups excluding carboxylic acids is 4. The van der Waals surface area contributed by atoms with Gasteiger partial charge in [0.25, 0.3) is 5.91 Å². The monoisotopic (exact) mass is 556 g/mol. The van der Waals surface area contributed by atoms with Gasteiger partial charge in [0, 0.05) is 52.5 Å². The number of hydrogen-bond acceptors (Lipinski definition) is 7. The molecule has 2 N–H and O–H groups in total. The van der Waals surface area contributed by atoms with Crippen LogP contribution in [0.4, 0.5) is 0 Å². The molecule has 40 heavy (non-hydrogen) atoms. The van der Waals surface area contributed by atoms with Crippen LogP contribution in [-0.2, 0) is 43.9 Å². The molecule has 218 valence electrons. The van der Waals surface area contributed by atoms with Gasteiger partial charge >= 0.3 is 0 Å². The lowest BCUT2D eigenvalue weighted by Crippen LogP contribution is -2.55. The third-order valence-electron chi connectivity index (χ3n) is 6.47. The number of likely N-dealkylation sites (N-methyl/N-ethyl adjacent to an activating group) is 1. The zero-order valence-corrected chi connectivity index (χ0v) is 23.9. The molecule has 2 atom stereocenters. The van der Waals surface area contributed by atoms with Crippen LogP contribution in [0.1, 0.15) is 31.4 Å². The Hall–Kier alpha value is -3.93. The summed E-state index contributed by atoms with van der Waals surface area (Å²) in [5.41, 5.74) is 1.65. The molecule has 0 spiro atoms. The first-order valence-electron chi connectivity index (χ1n) is 13.4. The van der Waals surface area contributed by atoms with E-state index in [0.29, 0.717) is 18.7 Å². The molecule has 1 aromatic heterocycles. The number of amides is 4. The summed E-state index contributed by atoms with van der Waals surface area (Å²) < 4.78 is 12.5. The van der Waals surface area contributed by atoms with Gasteiger partial charge in [0.1, 0.15) is 17.8 Å². The van der Waals surface area contributed by atoms with Crippen molar-refractivity contribution in [1.82, 2.24) is 30.2 Å². The van der Waals surface area contributed by atoms with Crippen molar-refractivity contribution in [2.24, 2.45) is 13.0 Å². The van der Waals surface area contributed by atoms with E-state index in [4.69, 9.17) is 9.47 Å². The van der Waals surface area contributed by atoms with E-state index in [1.807, 2.05) is 20.0 Å². The van der Waals surface area contributed by atoms with E-state index in [0.717, 1.165) is 11.1 Å². The molecule has 0 unspecified atom stereocenters. The van der Waals surface area contributed by atoms with Crippen LogP contribution in [0, 0.1) is 5.92 Å². The number of aryl methyl sites for hydroxylation is 1. The zero-order chi connectivity index (χ0) is 29.2. The highest BCUT2D eigenvalue weighted by Crippen LogP contribution is 2.16. The molecule has 2 bridgehead atoms. The molecule has 3 heterocycles. The highest BCUT2D eigenvalue weighted by Gasteiger charge is 2.30. The first-order valence-corrected chi connectivity index (χ1v) is 13.4. The number of rotatable bonds is 8. The fraction of sp³-hybridized carbons (Fsp3) is 0.536. The van der Waals surface area contributed by atoms with Gasteiger partial charge in [-0.3, -0.25) is 23.9 Å². The summed E-state index contributed by atoms with van der Waals surface area (Å²) >= 11 is 0. The largest absolute Gasteiger partial charge is 0.484 e. The van der Waals surface area contributed by atoms with Crippen molar-refractivity contribution in [3.8, 4) is 5.75 Å². The maximum atomic E-state index is 13.5. The number of hydrogen-bond donors (Lipinski definition) is 2. The van der Waals surface area contributed by atoms with Crippen LogP contribution < -0.4 is 15.4 Å². The number of fused-ring (bicyclic) bond motifs is 13. The Balaban J connectivity index is 1.90. The van der Waals surface area contributed by atoms with E-state index in [-0.39, 0.29) is 44.5 Å². The summed E-state index contributed by atoms with van der Waals surface area (Å²) in [4.78, 5) is 56.0. The smallest absolute Gasteiger partial charge is 0.258 e. The molecule has 0 saturated carbocycles. The molecule has 0 fully saturated rings. The van der Waals surface area contributed by atoms with E-state index < -0.39 is 29.8 Å². The highest BCUT2D eigenvalue weighted by atomic mass is 16.5. The van der Waals surface area contributed by atoms with Crippen molar-refractivity contribution < 1.29 is 28.7 Å². The fourth-order valence-electron chi connectivity index (χ4n) is 4.51. The third kappa shape index (κ3) is 9.08. The van der Waals surface area contributed by atoms with E-state index in [1.54, 1.807) is 54.1 Å². The molecular formula is C28H40N6O6. The van der Waals surface area contributed by atoms with Crippen molar-refractivity contribution in [2.45, 2.75) is 45.3 Å². The van der Waals surface area contributed by atoms with E-state index in [2.05, 4.69) is 15.7 Å². The molecule has 1 aromatic carbocycles. The summed E-state index contributed by atoms with van der Waals surface area (Å²) in [5.74, 6) is -1.03. The highest BCUT2D eigenvalue weighted by molar-refractivity contribution is 5.93. The third-order valence-corrected chi connectivity index (χ3v) is 6.47. The molecule has 2 aliphatic rings. The van der Waals surface area contributed by atoms with Crippen LogP contribution in [0.2, 0.25) is 0 Å². The lowest BCUT2D eigenvalue weighted by atomic mass is 10.0. The van der Waals surface area contributed by atoms with Gasteiger partial charge in [0.15, 0.2) is 6.61 Å². The number of methoxy groups -OCH3 is 1. The average molecular weight is 557 g/mol.